The van der Waals surface area contributed by atoms with Crippen LogP contribution in [0.5, 0.6) is 0 Å². The summed E-state index contributed by atoms with van der Waals surface area (Å²) in [6, 6.07) is 6.43. The first-order chi connectivity index (χ1) is 13.4. The Kier molecular flexibility index (Phi) is 10.7. The number of rotatable bonds is 10. The Morgan fingerprint density at radius 2 is 1.79 bits per heavy atom. The van der Waals surface area contributed by atoms with Crippen molar-refractivity contribution in [3.05, 3.63) is 47.5 Å². The maximum atomic E-state index is 12.6. The van der Waals surface area contributed by atoms with E-state index in [-0.39, 0.29) is 5.92 Å². The Morgan fingerprint density at radius 1 is 1.11 bits per heavy atom. The van der Waals surface area contributed by atoms with Crippen molar-refractivity contribution in [1.82, 2.24) is 0 Å². The molecule has 0 radical (unpaired) electrons. The normalized spacial score (nSPS) is 12.3. The largest absolute Gasteiger partial charge is 0.462 e. The molecule has 1 rings (SSSR count). The van der Waals surface area contributed by atoms with Crippen molar-refractivity contribution >= 4 is 11.9 Å². The molecule has 4 heteroatoms. The van der Waals surface area contributed by atoms with Crippen LogP contribution in [0.4, 0.5) is 0 Å². The zero-order valence-corrected chi connectivity index (χ0v) is 17.5. The van der Waals surface area contributed by atoms with E-state index in [1.807, 2.05) is 13.8 Å². The van der Waals surface area contributed by atoms with Gasteiger partial charge in [-0.25, -0.2) is 9.59 Å². The van der Waals surface area contributed by atoms with E-state index >= 15 is 0 Å². The van der Waals surface area contributed by atoms with E-state index in [4.69, 9.17) is 9.47 Å². The highest BCUT2D eigenvalue weighted by molar-refractivity contribution is 5.95. The first-order valence-electron chi connectivity index (χ1n) is 10.0. The van der Waals surface area contributed by atoms with Crippen molar-refractivity contribution in [2.75, 3.05) is 6.61 Å². The van der Waals surface area contributed by atoms with Gasteiger partial charge >= 0.3 is 11.9 Å². The van der Waals surface area contributed by atoms with Crippen LogP contribution in [0.3, 0.4) is 0 Å². The summed E-state index contributed by atoms with van der Waals surface area (Å²) in [4.78, 5) is 24.8. The number of ether oxygens (including phenoxy) is 2. The van der Waals surface area contributed by atoms with Crippen LogP contribution in [-0.2, 0) is 9.47 Å². The second-order valence-electron chi connectivity index (χ2n) is 7.07. The van der Waals surface area contributed by atoms with Crippen LogP contribution in [0.2, 0.25) is 0 Å². The molecule has 0 bridgehead atoms. The number of esters is 2. The number of allylic oxidation sites excluding steroid dienone is 1. The molecule has 0 aliphatic rings. The second-order valence-corrected chi connectivity index (χ2v) is 7.07. The van der Waals surface area contributed by atoms with Crippen LogP contribution in [0.25, 0.3) is 0 Å². The number of hydrogen-bond donors (Lipinski definition) is 0. The van der Waals surface area contributed by atoms with Gasteiger partial charge in [0.05, 0.1) is 17.7 Å². The Labute approximate surface area is 169 Å². The fourth-order valence-electron chi connectivity index (χ4n) is 2.65. The molecule has 0 amide bonds. The van der Waals surface area contributed by atoms with Gasteiger partial charge in [-0.05, 0) is 43.5 Å². The molecule has 0 N–H and O–H groups in total. The molecule has 0 saturated carbocycles. The molecule has 0 heterocycles. The van der Waals surface area contributed by atoms with Gasteiger partial charge in [0.15, 0.2) is 6.10 Å². The fourth-order valence-corrected chi connectivity index (χ4v) is 2.65. The maximum Gasteiger partial charge on any atom is 0.339 e. The van der Waals surface area contributed by atoms with E-state index in [1.165, 1.54) is 6.07 Å². The van der Waals surface area contributed by atoms with E-state index in [0.717, 1.165) is 37.7 Å². The van der Waals surface area contributed by atoms with E-state index in [0.29, 0.717) is 17.7 Å². The summed E-state index contributed by atoms with van der Waals surface area (Å²) in [6.07, 6.45) is 4.26. The van der Waals surface area contributed by atoms with Crippen LogP contribution in [-0.4, -0.2) is 24.6 Å². The van der Waals surface area contributed by atoms with Crippen molar-refractivity contribution in [2.45, 2.75) is 65.9 Å². The van der Waals surface area contributed by atoms with E-state index in [2.05, 4.69) is 32.3 Å². The minimum absolute atomic E-state index is 0.104. The Bertz CT molecular complexity index is 724. The van der Waals surface area contributed by atoms with Gasteiger partial charge in [-0.3, -0.25) is 0 Å². The first kappa shape index (κ1) is 23.5. The Hall–Kier alpha value is -2.54. The van der Waals surface area contributed by atoms with Crippen LogP contribution in [0.15, 0.2) is 36.4 Å². The predicted molar refractivity (Wildman–Crippen MR) is 112 cm³/mol. The summed E-state index contributed by atoms with van der Waals surface area (Å²) >= 11 is 0. The molecule has 1 aromatic rings. The third-order valence-corrected chi connectivity index (χ3v) is 4.24. The number of unbranched alkanes of at least 4 members (excludes halogenated alkanes) is 2. The zero-order chi connectivity index (χ0) is 20.9. The van der Waals surface area contributed by atoms with Crippen molar-refractivity contribution in [1.29, 1.82) is 0 Å². The summed E-state index contributed by atoms with van der Waals surface area (Å²) in [5, 5.41) is 0. The van der Waals surface area contributed by atoms with E-state index < -0.39 is 18.0 Å². The van der Waals surface area contributed by atoms with Crippen molar-refractivity contribution in [3.8, 4) is 11.8 Å². The van der Waals surface area contributed by atoms with Gasteiger partial charge in [-0.2, -0.15) is 0 Å². The zero-order valence-electron chi connectivity index (χ0n) is 17.5. The Balaban J connectivity index is 2.85. The molecule has 28 heavy (non-hydrogen) atoms. The highest BCUT2D eigenvalue weighted by atomic mass is 16.5. The van der Waals surface area contributed by atoms with Crippen molar-refractivity contribution < 1.29 is 19.1 Å². The molecule has 1 aromatic carbocycles. The van der Waals surface area contributed by atoms with Gasteiger partial charge < -0.3 is 9.47 Å². The van der Waals surface area contributed by atoms with Gasteiger partial charge in [-0.1, -0.05) is 64.5 Å². The number of carbonyl (C=O) groups is 2. The molecule has 0 saturated heterocycles. The molecule has 4 nitrogen and oxygen atoms in total. The van der Waals surface area contributed by atoms with Gasteiger partial charge in [0.1, 0.15) is 0 Å². The van der Waals surface area contributed by atoms with Gasteiger partial charge in [0.25, 0.3) is 0 Å². The average Bonchev–Trinajstić information content (AvgIpc) is 2.68. The lowest BCUT2D eigenvalue weighted by atomic mass is 9.99. The molecule has 0 spiro atoms. The summed E-state index contributed by atoms with van der Waals surface area (Å²) in [7, 11) is 0. The van der Waals surface area contributed by atoms with Crippen LogP contribution in [0.1, 0.15) is 80.5 Å². The van der Waals surface area contributed by atoms with Gasteiger partial charge in [0, 0.05) is 5.92 Å². The molecule has 152 valence electrons. The highest BCUT2D eigenvalue weighted by Crippen LogP contribution is 2.17. The third kappa shape index (κ3) is 8.43. The number of hydrogen-bond acceptors (Lipinski definition) is 4. The lowest BCUT2D eigenvalue weighted by molar-refractivity contribution is 0.0305. The monoisotopic (exact) mass is 384 g/mol. The lowest BCUT2D eigenvalue weighted by Crippen LogP contribution is -2.24. The van der Waals surface area contributed by atoms with E-state index in [9.17, 15) is 9.59 Å². The van der Waals surface area contributed by atoms with E-state index in [1.54, 1.807) is 18.2 Å². The summed E-state index contributed by atoms with van der Waals surface area (Å²) in [5.41, 5.74) is 1.38. The molecule has 0 aromatic heterocycles. The lowest BCUT2D eigenvalue weighted by Gasteiger charge is -2.19. The molecule has 2 unspecified atom stereocenters. The minimum Gasteiger partial charge on any atom is -0.462 e. The fraction of sp³-hybridized carbons (Fsp3) is 0.500. The standard InChI is InChI=1S/C24H32O4/c1-6-8-9-16-27-23(25)20-12-10-13-21(17-20)24(26)28-22(15-14-18(3)4)19(5)11-7-2/h10,12-13,17,19,22H,3,6-9,11,16H2,1-2,4-5H3. The Morgan fingerprint density at radius 3 is 2.39 bits per heavy atom. The number of carbonyl (C=O) groups excluding carboxylic acids is 2. The molecule has 0 aliphatic heterocycles. The SMILES string of the molecule is C=C(C)C#CC(OC(=O)c1cccc(C(=O)OCCCCC)c1)C(C)CCC. The third-order valence-electron chi connectivity index (χ3n) is 4.24. The predicted octanol–water partition coefficient (Wildman–Crippen LogP) is 5.57. The van der Waals surface area contributed by atoms with Crippen LogP contribution >= 0.6 is 0 Å². The highest BCUT2D eigenvalue weighted by Gasteiger charge is 2.21. The maximum absolute atomic E-state index is 12.6. The van der Waals surface area contributed by atoms with Crippen molar-refractivity contribution in [3.63, 3.8) is 0 Å². The smallest absolute Gasteiger partial charge is 0.339 e. The summed E-state index contributed by atoms with van der Waals surface area (Å²) in [6.45, 7) is 12.1. The summed E-state index contributed by atoms with van der Waals surface area (Å²) in [5.74, 6) is 5.09. The summed E-state index contributed by atoms with van der Waals surface area (Å²) < 4.78 is 10.9. The second kappa shape index (κ2) is 12.8. The quantitative estimate of drug-likeness (QED) is 0.300. The first-order valence-corrected chi connectivity index (χ1v) is 10.0. The molecule has 0 fully saturated rings. The molecular weight excluding hydrogens is 352 g/mol. The molecule has 2 atom stereocenters. The van der Waals surface area contributed by atoms with Crippen LogP contribution < -0.4 is 0 Å². The minimum atomic E-state index is -0.520. The van der Waals surface area contributed by atoms with Crippen molar-refractivity contribution in [2.24, 2.45) is 5.92 Å². The van der Waals surface area contributed by atoms with Crippen LogP contribution in [0, 0.1) is 17.8 Å². The average molecular weight is 385 g/mol. The van der Waals surface area contributed by atoms with Gasteiger partial charge in [0.2, 0.25) is 0 Å². The van der Waals surface area contributed by atoms with Gasteiger partial charge in [-0.15, -0.1) is 0 Å². The topological polar surface area (TPSA) is 52.6 Å². The number of benzene rings is 1. The molecule has 0 aliphatic carbocycles. The molecular formula is C24H32O4.